The number of benzene rings is 2. The van der Waals surface area contributed by atoms with Crippen LogP contribution in [0.25, 0.3) is 17.3 Å². The fourth-order valence-corrected chi connectivity index (χ4v) is 3.89. The molecule has 1 aliphatic rings. The van der Waals surface area contributed by atoms with E-state index in [9.17, 15) is 9.18 Å². The molecule has 2 aromatic carbocycles. The number of thioether (sulfide) groups is 1. The van der Waals surface area contributed by atoms with Crippen molar-refractivity contribution >= 4 is 23.6 Å². The minimum absolute atomic E-state index is 0.139. The van der Waals surface area contributed by atoms with Crippen molar-refractivity contribution in [2.75, 3.05) is 12.9 Å². The lowest BCUT2D eigenvalue weighted by molar-refractivity contribution is 0.103. The zero-order valence-corrected chi connectivity index (χ0v) is 14.8. The van der Waals surface area contributed by atoms with E-state index < -0.39 is 5.82 Å². The SMILES string of the molecule is COc1ccc(-c2[nH]ncc2/C=C2\CSc3ccc(F)cc3C2=O)cc1. The van der Waals surface area contributed by atoms with Gasteiger partial charge in [0.2, 0.25) is 0 Å². The van der Waals surface area contributed by atoms with Gasteiger partial charge in [0.05, 0.1) is 19.0 Å². The fraction of sp³-hybridized carbons (Fsp3) is 0.100. The third kappa shape index (κ3) is 3.04. The van der Waals surface area contributed by atoms with Gasteiger partial charge in [-0.2, -0.15) is 5.10 Å². The maximum Gasteiger partial charge on any atom is 0.191 e. The van der Waals surface area contributed by atoms with E-state index in [0.29, 0.717) is 16.9 Å². The summed E-state index contributed by atoms with van der Waals surface area (Å²) in [5.41, 5.74) is 3.63. The minimum Gasteiger partial charge on any atom is -0.497 e. The highest BCUT2D eigenvalue weighted by atomic mass is 32.2. The highest BCUT2D eigenvalue weighted by Gasteiger charge is 2.23. The smallest absolute Gasteiger partial charge is 0.191 e. The van der Waals surface area contributed by atoms with Crippen molar-refractivity contribution in [1.82, 2.24) is 10.2 Å². The number of fused-ring (bicyclic) bond motifs is 1. The maximum absolute atomic E-state index is 13.5. The molecule has 0 spiro atoms. The molecule has 0 atom stereocenters. The zero-order valence-electron chi connectivity index (χ0n) is 14.0. The van der Waals surface area contributed by atoms with Gasteiger partial charge in [-0.3, -0.25) is 9.89 Å². The third-order valence-electron chi connectivity index (χ3n) is 4.24. The molecular formula is C20H15FN2O2S. The van der Waals surface area contributed by atoms with E-state index in [1.165, 1.54) is 23.9 Å². The number of ether oxygens (including phenoxy) is 1. The van der Waals surface area contributed by atoms with Crippen molar-refractivity contribution in [3.8, 4) is 17.0 Å². The molecule has 4 nitrogen and oxygen atoms in total. The van der Waals surface area contributed by atoms with E-state index in [2.05, 4.69) is 10.2 Å². The number of halogens is 1. The number of Topliss-reactive ketones (excluding diaryl/α,β-unsaturated/α-hetero) is 1. The van der Waals surface area contributed by atoms with Crippen LogP contribution >= 0.6 is 11.8 Å². The first-order valence-electron chi connectivity index (χ1n) is 8.01. The number of H-pyrrole nitrogens is 1. The van der Waals surface area contributed by atoms with Crippen molar-refractivity contribution in [3.05, 3.63) is 71.2 Å². The van der Waals surface area contributed by atoms with Crippen LogP contribution in [-0.2, 0) is 0 Å². The second-order valence-corrected chi connectivity index (χ2v) is 6.87. The Morgan fingerprint density at radius 3 is 2.81 bits per heavy atom. The van der Waals surface area contributed by atoms with E-state index in [1.807, 2.05) is 30.3 Å². The summed E-state index contributed by atoms with van der Waals surface area (Å²) in [6.07, 6.45) is 3.51. The molecule has 0 radical (unpaired) electrons. The van der Waals surface area contributed by atoms with Crippen LogP contribution in [-0.4, -0.2) is 28.8 Å². The van der Waals surface area contributed by atoms with Crippen molar-refractivity contribution in [1.29, 1.82) is 0 Å². The number of rotatable bonds is 3. The van der Waals surface area contributed by atoms with Gasteiger partial charge >= 0.3 is 0 Å². The normalized spacial score (nSPS) is 15.2. The predicted molar refractivity (Wildman–Crippen MR) is 100 cm³/mol. The van der Waals surface area contributed by atoms with Gasteiger partial charge in [-0.1, -0.05) is 0 Å². The molecule has 0 bridgehead atoms. The number of aromatic nitrogens is 2. The van der Waals surface area contributed by atoms with Crippen molar-refractivity contribution in [2.24, 2.45) is 0 Å². The van der Waals surface area contributed by atoms with Crippen LogP contribution in [0.15, 0.2) is 59.1 Å². The molecule has 1 N–H and O–H groups in total. The van der Waals surface area contributed by atoms with Gasteiger partial charge in [-0.15, -0.1) is 11.8 Å². The first-order chi connectivity index (χ1) is 12.7. The van der Waals surface area contributed by atoms with Gasteiger partial charge in [0.15, 0.2) is 5.78 Å². The molecule has 0 saturated carbocycles. The fourth-order valence-electron chi connectivity index (χ4n) is 2.89. The Labute approximate surface area is 154 Å². The summed E-state index contributed by atoms with van der Waals surface area (Å²) in [5.74, 6) is 0.775. The Balaban J connectivity index is 1.69. The molecule has 0 unspecified atom stereocenters. The average Bonchev–Trinajstić information content (AvgIpc) is 3.13. The second kappa shape index (κ2) is 6.80. The number of methoxy groups -OCH3 is 1. The van der Waals surface area contributed by atoms with Gasteiger partial charge in [0.1, 0.15) is 11.6 Å². The summed E-state index contributed by atoms with van der Waals surface area (Å²) in [7, 11) is 1.62. The number of nitrogens with one attached hydrogen (secondary N) is 1. The number of nitrogens with zero attached hydrogens (tertiary/aromatic N) is 1. The summed E-state index contributed by atoms with van der Waals surface area (Å²) < 4.78 is 18.7. The zero-order chi connectivity index (χ0) is 18.1. The molecule has 0 amide bonds. The van der Waals surface area contributed by atoms with Crippen LogP contribution in [0.1, 0.15) is 15.9 Å². The van der Waals surface area contributed by atoms with Crippen LogP contribution < -0.4 is 4.74 Å². The van der Waals surface area contributed by atoms with E-state index in [1.54, 1.807) is 19.4 Å². The van der Waals surface area contributed by atoms with Crippen LogP contribution in [0.2, 0.25) is 0 Å². The molecule has 1 aliphatic heterocycles. The van der Waals surface area contributed by atoms with Crippen molar-refractivity contribution < 1.29 is 13.9 Å². The highest BCUT2D eigenvalue weighted by molar-refractivity contribution is 7.99. The lowest BCUT2D eigenvalue weighted by Crippen LogP contribution is -2.12. The van der Waals surface area contributed by atoms with E-state index in [0.717, 1.165) is 27.5 Å². The summed E-state index contributed by atoms with van der Waals surface area (Å²) in [5, 5.41) is 7.09. The number of carbonyl (C=O) groups is 1. The monoisotopic (exact) mass is 366 g/mol. The third-order valence-corrected chi connectivity index (χ3v) is 5.36. The Kier molecular flexibility index (Phi) is 4.34. The van der Waals surface area contributed by atoms with E-state index in [-0.39, 0.29) is 5.78 Å². The molecule has 1 aromatic heterocycles. The molecule has 0 aliphatic carbocycles. The number of aromatic amines is 1. The molecule has 0 saturated heterocycles. The topological polar surface area (TPSA) is 55.0 Å². The van der Waals surface area contributed by atoms with Gasteiger partial charge in [0.25, 0.3) is 0 Å². The quantitative estimate of drug-likeness (QED) is 0.689. The van der Waals surface area contributed by atoms with Crippen LogP contribution in [0.4, 0.5) is 4.39 Å². The predicted octanol–water partition coefficient (Wildman–Crippen LogP) is 4.60. The standard InChI is InChI=1S/C20H15FN2O2S/c1-25-16-5-2-12(3-6-16)19-13(10-22-23-19)8-14-11-26-18-7-4-15(21)9-17(18)20(14)24/h2-10H,11H2,1H3,(H,22,23)/b14-8+. The van der Waals surface area contributed by atoms with E-state index >= 15 is 0 Å². The molecule has 3 aromatic rings. The van der Waals surface area contributed by atoms with Crippen molar-refractivity contribution in [2.45, 2.75) is 4.90 Å². The number of hydrogen-bond acceptors (Lipinski definition) is 4. The Hall–Kier alpha value is -2.86. The number of ketones is 1. The summed E-state index contributed by atoms with van der Waals surface area (Å²) in [6, 6.07) is 11.9. The summed E-state index contributed by atoms with van der Waals surface area (Å²) >= 11 is 1.53. The number of hydrogen-bond donors (Lipinski definition) is 1. The molecule has 130 valence electrons. The van der Waals surface area contributed by atoms with Crippen LogP contribution in [0.3, 0.4) is 0 Å². The lowest BCUT2D eigenvalue weighted by Gasteiger charge is -2.16. The van der Waals surface area contributed by atoms with Crippen LogP contribution in [0.5, 0.6) is 5.75 Å². The van der Waals surface area contributed by atoms with Crippen LogP contribution in [0, 0.1) is 5.82 Å². The molecule has 6 heteroatoms. The first-order valence-corrected chi connectivity index (χ1v) is 8.99. The minimum atomic E-state index is -0.402. The first kappa shape index (κ1) is 16.6. The average molecular weight is 366 g/mol. The summed E-state index contributed by atoms with van der Waals surface area (Å²) in [4.78, 5) is 13.5. The Morgan fingerprint density at radius 2 is 2.04 bits per heavy atom. The van der Waals surface area contributed by atoms with Gasteiger partial charge < -0.3 is 4.74 Å². The van der Waals surface area contributed by atoms with Crippen molar-refractivity contribution in [3.63, 3.8) is 0 Å². The number of carbonyl (C=O) groups excluding carboxylic acids is 1. The van der Waals surface area contributed by atoms with Gasteiger partial charge in [-0.25, -0.2) is 4.39 Å². The molecule has 26 heavy (non-hydrogen) atoms. The van der Waals surface area contributed by atoms with E-state index in [4.69, 9.17) is 4.74 Å². The van der Waals surface area contributed by atoms with Gasteiger partial charge in [-0.05, 0) is 48.5 Å². The highest BCUT2D eigenvalue weighted by Crippen LogP contribution is 2.34. The molecule has 0 fully saturated rings. The molecule has 2 heterocycles. The molecule has 4 rings (SSSR count). The Morgan fingerprint density at radius 1 is 1.23 bits per heavy atom. The Bertz CT molecular complexity index is 1010. The lowest BCUT2D eigenvalue weighted by atomic mass is 10.00. The van der Waals surface area contributed by atoms with Gasteiger partial charge in [0, 0.05) is 32.9 Å². The summed E-state index contributed by atoms with van der Waals surface area (Å²) in [6.45, 7) is 0. The second-order valence-electron chi connectivity index (χ2n) is 5.86. The largest absolute Gasteiger partial charge is 0.497 e. The maximum atomic E-state index is 13.5. The molecular weight excluding hydrogens is 351 g/mol.